The van der Waals surface area contributed by atoms with E-state index in [0.29, 0.717) is 12.8 Å². The van der Waals surface area contributed by atoms with Crippen molar-refractivity contribution >= 4 is 23.7 Å². The summed E-state index contributed by atoms with van der Waals surface area (Å²) in [5.74, 6) is 0.636. The van der Waals surface area contributed by atoms with Crippen LogP contribution in [0.1, 0.15) is 122 Å². The summed E-state index contributed by atoms with van der Waals surface area (Å²) < 4.78 is 9.62. The van der Waals surface area contributed by atoms with E-state index in [1.807, 2.05) is 11.8 Å². The molecule has 0 aromatic heterocycles. The smallest absolute Gasteiger partial charge is 0.305 e. The molecule has 0 aliphatic carbocycles. The molecule has 32 heavy (non-hydrogen) atoms. The van der Waals surface area contributed by atoms with Crippen LogP contribution in [-0.4, -0.2) is 48.4 Å². The number of ether oxygens (including phenoxy) is 2. The van der Waals surface area contributed by atoms with Crippen LogP contribution in [0.4, 0.5) is 0 Å². The van der Waals surface area contributed by atoms with Crippen LogP contribution in [-0.2, 0) is 19.1 Å². The van der Waals surface area contributed by atoms with Crippen LogP contribution in [0.5, 0.6) is 0 Å². The van der Waals surface area contributed by atoms with Gasteiger partial charge >= 0.3 is 11.9 Å². The summed E-state index contributed by atoms with van der Waals surface area (Å²) in [4.78, 5) is 22.2. The first-order valence-electron chi connectivity index (χ1n) is 12.9. The fourth-order valence-corrected chi connectivity index (χ4v) is 5.23. The zero-order valence-electron chi connectivity index (χ0n) is 21.1. The lowest BCUT2D eigenvalue weighted by Gasteiger charge is -2.29. The van der Waals surface area contributed by atoms with Crippen LogP contribution in [0.3, 0.4) is 0 Å². The molecule has 1 N–H and O–H groups in total. The predicted molar refractivity (Wildman–Crippen MR) is 135 cm³/mol. The average Bonchev–Trinajstić information content (AvgIpc) is 2.80. The molecule has 6 heteroatoms. The van der Waals surface area contributed by atoms with E-state index in [4.69, 9.17) is 0 Å². The van der Waals surface area contributed by atoms with E-state index >= 15 is 0 Å². The average molecular weight is 475 g/mol. The SMILES string of the molecule is COC(=O)CCCCCCCCCC(C)(CCCCCCCCCC(=O)OC)SCCO. The minimum Gasteiger partial charge on any atom is -0.469 e. The topological polar surface area (TPSA) is 72.8 Å². The summed E-state index contributed by atoms with van der Waals surface area (Å²) in [5.41, 5.74) is 0. The van der Waals surface area contributed by atoms with E-state index < -0.39 is 0 Å². The number of carbonyl (C=O) groups excluding carboxylic acids is 2. The van der Waals surface area contributed by atoms with Gasteiger partial charge in [0.15, 0.2) is 0 Å². The molecule has 0 unspecified atom stereocenters. The summed E-state index contributed by atoms with van der Waals surface area (Å²) >= 11 is 1.95. The minimum absolute atomic E-state index is 0.0969. The standard InChI is InChI=1S/C26H50O5S/c1-26(32-23-22-27,20-16-12-8-4-6-10-14-18-24(28)30-2)21-17-13-9-5-7-11-15-19-25(29)31-3/h27H,4-23H2,1-3H3. The number of rotatable bonds is 23. The Morgan fingerprint density at radius 1 is 0.656 bits per heavy atom. The van der Waals surface area contributed by atoms with Crippen LogP contribution in [0.2, 0.25) is 0 Å². The van der Waals surface area contributed by atoms with Crippen molar-refractivity contribution in [1.82, 2.24) is 0 Å². The van der Waals surface area contributed by atoms with Crippen LogP contribution in [0.25, 0.3) is 0 Å². The van der Waals surface area contributed by atoms with Crippen molar-refractivity contribution in [3.8, 4) is 0 Å². The Balaban J connectivity index is 3.79. The maximum atomic E-state index is 11.1. The number of aliphatic hydroxyl groups excluding tert-OH is 1. The monoisotopic (exact) mass is 474 g/mol. The van der Waals surface area contributed by atoms with E-state index in [9.17, 15) is 14.7 Å². The maximum absolute atomic E-state index is 11.1. The number of thioether (sulfide) groups is 1. The fourth-order valence-electron chi connectivity index (χ4n) is 4.07. The third-order valence-corrected chi connectivity index (χ3v) is 7.66. The van der Waals surface area contributed by atoms with Crippen LogP contribution >= 0.6 is 11.8 Å². The summed E-state index contributed by atoms with van der Waals surface area (Å²) in [7, 11) is 2.90. The largest absolute Gasteiger partial charge is 0.469 e. The molecule has 190 valence electrons. The van der Waals surface area contributed by atoms with Gasteiger partial charge < -0.3 is 14.6 Å². The minimum atomic E-state index is -0.0969. The second-order valence-corrected chi connectivity index (χ2v) is 10.8. The number of aliphatic hydroxyl groups is 1. The van der Waals surface area contributed by atoms with Crippen molar-refractivity contribution in [2.24, 2.45) is 0 Å². The maximum Gasteiger partial charge on any atom is 0.305 e. The molecule has 5 nitrogen and oxygen atoms in total. The van der Waals surface area contributed by atoms with Gasteiger partial charge in [0.05, 0.1) is 20.8 Å². The third-order valence-electron chi connectivity index (χ3n) is 6.17. The van der Waals surface area contributed by atoms with Crippen LogP contribution in [0, 0.1) is 0 Å². The molecule has 0 rings (SSSR count). The van der Waals surface area contributed by atoms with Crippen molar-refractivity contribution < 1.29 is 24.2 Å². The van der Waals surface area contributed by atoms with Gasteiger partial charge in [-0.3, -0.25) is 9.59 Å². The Hall–Kier alpha value is -0.750. The third kappa shape index (κ3) is 19.9. The molecule has 0 aromatic carbocycles. The molecule has 0 saturated heterocycles. The van der Waals surface area contributed by atoms with Crippen molar-refractivity contribution in [3.63, 3.8) is 0 Å². The number of methoxy groups -OCH3 is 2. The Bertz CT molecular complexity index is 421. The molecule has 0 aliphatic rings. The number of unbranched alkanes of at least 4 members (excludes halogenated alkanes) is 12. The highest BCUT2D eigenvalue weighted by molar-refractivity contribution is 8.00. The van der Waals surface area contributed by atoms with E-state index in [1.54, 1.807) is 0 Å². The Labute approximate surface area is 201 Å². The summed E-state index contributed by atoms with van der Waals surface area (Å²) in [6.07, 6.45) is 20.2. The van der Waals surface area contributed by atoms with Crippen LogP contribution in [0.15, 0.2) is 0 Å². The molecule has 0 aromatic rings. The van der Waals surface area contributed by atoms with Crippen molar-refractivity contribution in [2.45, 2.75) is 127 Å². The van der Waals surface area contributed by atoms with Gasteiger partial charge in [0.25, 0.3) is 0 Å². The zero-order chi connectivity index (χ0) is 23.9. The fraction of sp³-hybridized carbons (Fsp3) is 0.923. The lowest BCUT2D eigenvalue weighted by Crippen LogP contribution is -2.21. The molecule has 0 aliphatic heterocycles. The second-order valence-electron chi connectivity index (χ2n) is 9.12. The molecule has 0 radical (unpaired) electrons. The second kappa shape index (κ2) is 22.1. The summed E-state index contributed by atoms with van der Waals surface area (Å²) in [5, 5.41) is 9.28. The molecular weight excluding hydrogens is 424 g/mol. The Kier molecular flexibility index (Phi) is 21.5. The number of hydrogen-bond acceptors (Lipinski definition) is 6. The highest BCUT2D eigenvalue weighted by Crippen LogP contribution is 2.36. The highest BCUT2D eigenvalue weighted by atomic mass is 32.2. The van der Waals surface area contributed by atoms with E-state index in [0.717, 1.165) is 31.4 Å². The number of esters is 2. The molecule has 0 spiro atoms. The quantitative estimate of drug-likeness (QED) is 0.129. The van der Waals surface area contributed by atoms with Gasteiger partial charge in [-0.2, -0.15) is 11.8 Å². The Morgan fingerprint density at radius 2 is 1.00 bits per heavy atom. The lowest BCUT2D eigenvalue weighted by atomic mass is 9.94. The number of carbonyl (C=O) groups is 2. The molecule has 0 atom stereocenters. The molecule has 0 heterocycles. The van der Waals surface area contributed by atoms with Gasteiger partial charge in [-0.05, 0) is 25.7 Å². The van der Waals surface area contributed by atoms with Gasteiger partial charge in [-0.15, -0.1) is 0 Å². The van der Waals surface area contributed by atoms with E-state index in [-0.39, 0.29) is 23.3 Å². The predicted octanol–water partition coefficient (Wildman–Crippen LogP) is 6.84. The van der Waals surface area contributed by atoms with Gasteiger partial charge in [-0.1, -0.05) is 84.0 Å². The first kappa shape index (κ1) is 31.2. The first-order valence-corrected chi connectivity index (χ1v) is 13.8. The van der Waals surface area contributed by atoms with E-state index in [2.05, 4.69) is 16.4 Å². The van der Waals surface area contributed by atoms with Crippen molar-refractivity contribution in [2.75, 3.05) is 26.6 Å². The summed E-state index contributed by atoms with van der Waals surface area (Å²) in [6, 6.07) is 0. The van der Waals surface area contributed by atoms with Crippen LogP contribution < -0.4 is 0 Å². The van der Waals surface area contributed by atoms with Gasteiger partial charge in [-0.25, -0.2) is 0 Å². The summed E-state index contributed by atoms with van der Waals surface area (Å²) in [6.45, 7) is 2.64. The first-order chi connectivity index (χ1) is 15.5. The van der Waals surface area contributed by atoms with E-state index in [1.165, 1.54) is 91.3 Å². The van der Waals surface area contributed by atoms with Gasteiger partial charge in [0, 0.05) is 23.3 Å². The normalized spacial score (nSPS) is 11.5. The highest BCUT2D eigenvalue weighted by Gasteiger charge is 2.23. The van der Waals surface area contributed by atoms with Gasteiger partial charge in [0.2, 0.25) is 0 Å². The van der Waals surface area contributed by atoms with Gasteiger partial charge in [0.1, 0.15) is 0 Å². The van der Waals surface area contributed by atoms with Crippen molar-refractivity contribution in [1.29, 1.82) is 0 Å². The zero-order valence-corrected chi connectivity index (χ0v) is 21.9. The number of hydrogen-bond donors (Lipinski definition) is 1. The molecule has 0 fully saturated rings. The molecule has 0 saturated carbocycles. The molecule has 0 bridgehead atoms. The molecule has 0 amide bonds. The lowest BCUT2D eigenvalue weighted by molar-refractivity contribution is -0.141. The van der Waals surface area contributed by atoms with Crippen molar-refractivity contribution in [3.05, 3.63) is 0 Å². The molecular formula is C26H50O5S. The Morgan fingerprint density at radius 3 is 1.34 bits per heavy atom.